The first-order valence-electron chi connectivity index (χ1n) is 6.26. The SMILES string of the molecule is CCOC(C)(CC)c1noc(-c2csc(CN)n2)n1. The van der Waals surface area contributed by atoms with Crippen molar-refractivity contribution < 1.29 is 9.26 Å². The molecule has 2 rings (SSSR count). The molecule has 7 heteroatoms. The molecular formula is C12H18N4O2S. The Balaban J connectivity index is 2.27. The van der Waals surface area contributed by atoms with Crippen molar-refractivity contribution in [2.75, 3.05) is 6.61 Å². The molecule has 2 aromatic heterocycles. The zero-order valence-electron chi connectivity index (χ0n) is 11.3. The number of rotatable bonds is 6. The average molecular weight is 282 g/mol. The molecule has 0 fully saturated rings. The van der Waals surface area contributed by atoms with E-state index in [9.17, 15) is 0 Å². The Labute approximate surface area is 116 Å². The summed E-state index contributed by atoms with van der Waals surface area (Å²) in [4.78, 5) is 8.71. The van der Waals surface area contributed by atoms with E-state index in [0.717, 1.165) is 11.4 Å². The van der Waals surface area contributed by atoms with E-state index >= 15 is 0 Å². The van der Waals surface area contributed by atoms with Crippen molar-refractivity contribution in [3.63, 3.8) is 0 Å². The summed E-state index contributed by atoms with van der Waals surface area (Å²) in [6.07, 6.45) is 0.769. The van der Waals surface area contributed by atoms with Gasteiger partial charge in [0.15, 0.2) is 0 Å². The molecule has 0 amide bonds. The van der Waals surface area contributed by atoms with Gasteiger partial charge in [-0.3, -0.25) is 0 Å². The molecule has 0 radical (unpaired) electrons. The van der Waals surface area contributed by atoms with Crippen molar-refractivity contribution >= 4 is 11.3 Å². The first-order valence-corrected chi connectivity index (χ1v) is 7.14. The van der Waals surface area contributed by atoms with Crippen LogP contribution in [0.25, 0.3) is 11.6 Å². The van der Waals surface area contributed by atoms with Crippen LogP contribution in [0.2, 0.25) is 0 Å². The van der Waals surface area contributed by atoms with Crippen molar-refractivity contribution in [1.82, 2.24) is 15.1 Å². The molecule has 6 nitrogen and oxygen atoms in total. The first-order chi connectivity index (χ1) is 9.12. The van der Waals surface area contributed by atoms with Gasteiger partial charge in [0.05, 0.1) is 0 Å². The summed E-state index contributed by atoms with van der Waals surface area (Å²) in [6.45, 7) is 6.95. The number of thiazole rings is 1. The minimum Gasteiger partial charge on any atom is -0.367 e. The molecule has 0 spiro atoms. The van der Waals surface area contributed by atoms with Gasteiger partial charge in [-0.05, 0) is 20.3 Å². The van der Waals surface area contributed by atoms with Crippen LogP contribution in [0.4, 0.5) is 0 Å². The third kappa shape index (κ3) is 2.83. The third-order valence-corrected chi connectivity index (χ3v) is 3.85. The number of hydrogen-bond donors (Lipinski definition) is 1. The molecule has 2 N–H and O–H groups in total. The Morgan fingerprint density at radius 1 is 1.42 bits per heavy atom. The number of nitrogens with two attached hydrogens (primary N) is 1. The highest BCUT2D eigenvalue weighted by Gasteiger charge is 2.31. The monoisotopic (exact) mass is 282 g/mol. The highest BCUT2D eigenvalue weighted by atomic mass is 32.1. The maximum Gasteiger partial charge on any atom is 0.277 e. The Morgan fingerprint density at radius 3 is 2.79 bits per heavy atom. The van der Waals surface area contributed by atoms with E-state index in [1.165, 1.54) is 11.3 Å². The van der Waals surface area contributed by atoms with Crippen molar-refractivity contribution in [2.24, 2.45) is 5.73 Å². The lowest BCUT2D eigenvalue weighted by atomic mass is 10.0. The molecule has 2 aromatic rings. The minimum atomic E-state index is -0.525. The van der Waals surface area contributed by atoms with Gasteiger partial charge in [0.2, 0.25) is 5.82 Å². The van der Waals surface area contributed by atoms with Crippen molar-refractivity contribution in [3.8, 4) is 11.6 Å². The van der Waals surface area contributed by atoms with Crippen LogP contribution in [0, 0.1) is 0 Å². The minimum absolute atomic E-state index is 0.408. The maximum atomic E-state index is 5.72. The molecule has 2 heterocycles. The van der Waals surface area contributed by atoms with Gasteiger partial charge in [-0.1, -0.05) is 12.1 Å². The molecule has 0 bridgehead atoms. The Kier molecular flexibility index (Phi) is 4.28. The average Bonchev–Trinajstić information content (AvgIpc) is 3.07. The van der Waals surface area contributed by atoms with E-state index in [1.54, 1.807) is 0 Å². The van der Waals surface area contributed by atoms with E-state index in [4.69, 9.17) is 15.0 Å². The molecule has 0 aliphatic heterocycles. The molecule has 0 aliphatic rings. The summed E-state index contributed by atoms with van der Waals surface area (Å²) in [5.41, 5.74) is 5.68. The smallest absolute Gasteiger partial charge is 0.277 e. The van der Waals surface area contributed by atoms with E-state index in [-0.39, 0.29) is 0 Å². The second kappa shape index (κ2) is 5.77. The zero-order valence-corrected chi connectivity index (χ0v) is 12.2. The zero-order chi connectivity index (χ0) is 13.9. The van der Waals surface area contributed by atoms with Crippen LogP contribution in [-0.2, 0) is 16.9 Å². The molecular weight excluding hydrogens is 264 g/mol. The largest absolute Gasteiger partial charge is 0.367 e. The topological polar surface area (TPSA) is 87.1 Å². The molecule has 0 aliphatic carbocycles. The lowest BCUT2D eigenvalue weighted by molar-refractivity contribution is -0.0403. The number of ether oxygens (including phenoxy) is 1. The summed E-state index contributed by atoms with van der Waals surface area (Å²) < 4.78 is 11.0. The summed E-state index contributed by atoms with van der Waals surface area (Å²) in [5.74, 6) is 0.958. The van der Waals surface area contributed by atoms with Crippen molar-refractivity contribution in [2.45, 2.75) is 39.3 Å². The van der Waals surface area contributed by atoms with E-state index < -0.39 is 5.60 Å². The Hall–Kier alpha value is -1.31. The summed E-state index contributed by atoms with van der Waals surface area (Å²) in [7, 11) is 0. The second-order valence-electron chi connectivity index (χ2n) is 4.27. The fraction of sp³-hybridized carbons (Fsp3) is 0.583. The van der Waals surface area contributed by atoms with Crippen LogP contribution in [-0.4, -0.2) is 21.7 Å². The van der Waals surface area contributed by atoms with Gasteiger partial charge in [0.1, 0.15) is 16.3 Å². The first kappa shape index (κ1) is 14.1. The third-order valence-electron chi connectivity index (χ3n) is 2.98. The van der Waals surface area contributed by atoms with Crippen LogP contribution < -0.4 is 5.73 Å². The van der Waals surface area contributed by atoms with Crippen molar-refractivity contribution in [1.29, 1.82) is 0 Å². The predicted octanol–water partition coefficient (Wildman–Crippen LogP) is 2.31. The standard InChI is InChI=1S/C12H18N4O2S/c1-4-12(3,17-5-2)11-15-10(18-16-11)8-7-19-9(6-13)14-8/h7H,4-6,13H2,1-3H3. The number of nitrogens with zero attached hydrogens (tertiary/aromatic N) is 3. The van der Waals surface area contributed by atoms with Crippen LogP contribution in [0.5, 0.6) is 0 Å². The van der Waals surface area contributed by atoms with E-state index in [1.807, 2.05) is 26.2 Å². The van der Waals surface area contributed by atoms with Gasteiger partial charge in [-0.25, -0.2) is 4.98 Å². The van der Waals surface area contributed by atoms with E-state index in [0.29, 0.717) is 30.6 Å². The summed E-state index contributed by atoms with van der Waals surface area (Å²) >= 11 is 1.48. The van der Waals surface area contributed by atoms with Gasteiger partial charge in [0.25, 0.3) is 5.89 Å². The highest BCUT2D eigenvalue weighted by Crippen LogP contribution is 2.29. The van der Waals surface area contributed by atoms with Crippen LogP contribution in [0.1, 0.15) is 38.0 Å². The van der Waals surface area contributed by atoms with Crippen LogP contribution in [0.15, 0.2) is 9.90 Å². The predicted molar refractivity (Wildman–Crippen MR) is 72.6 cm³/mol. The lowest BCUT2D eigenvalue weighted by Gasteiger charge is -2.23. The fourth-order valence-corrected chi connectivity index (χ4v) is 2.34. The molecule has 0 saturated heterocycles. The maximum absolute atomic E-state index is 5.72. The second-order valence-corrected chi connectivity index (χ2v) is 5.21. The molecule has 1 unspecified atom stereocenters. The van der Waals surface area contributed by atoms with Crippen LogP contribution in [0.3, 0.4) is 0 Å². The molecule has 1 atom stereocenters. The van der Waals surface area contributed by atoms with Gasteiger partial charge >= 0.3 is 0 Å². The van der Waals surface area contributed by atoms with Gasteiger partial charge in [0, 0.05) is 18.5 Å². The van der Waals surface area contributed by atoms with Gasteiger partial charge < -0.3 is 15.0 Å². The normalized spacial score (nSPS) is 14.5. The highest BCUT2D eigenvalue weighted by molar-refractivity contribution is 7.09. The summed E-state index contributed by atoms with van der Waals surface area (Å²) in [5, 5.41) is 6.72. The summed E-state index contributed by atoms with van der Waals surface area (Å²) in [6, 6.07) is 0. The number of hydrogen-bond acceptors (Lipinski definition) is 7. The lowest BCUT2D eigenvalue weighted by Crippen LogP contribution is -2.26. The van der Waals surface area contributed by atoms with E-state index in [2.05, 4.69) is 15.1 Å². The molecule has 0 aromatic carbocycles. The van der Waals surface area contributed by atoms with Gasteiger partial charge in [-0.15, -0.1) is 11.3 Å². The van der Waals surface area contributed by atoms with Gasteiger partial charge in [-0.2, -0.15) is 4.98 Å². The quantitative estimate of drug-likeness (QED) is 0.874. The Morgan fingerprint density at radius 2 is 2.21 bits per heavy atom. The van der Waals surface area contributed by atoms with Crippen LogP contribution >= 0.6 is 11.3 Å². The number of aromatic nitrogens is 3. The van der Waals surface area contributed by atoms with Crippen molar-refractivity contribution in [3.05, 3.63) is 16.2 Å². The fourth-order valence-electron chi connectivity index (χ4n) is 1.69. The molecule has 19 heavy (non-hydrogen) atoms. The molecule has 104 valence electrons. The Bertz CT molecular complexity index is 539. The molecule has 0 saturated carbocycles.